The van der Waals surface area contributed by atoms with Crippen molar-refractivity contribution in [2.45, 2.75) is 11.3 Å². The highest BCUT2D eigenvalue weighted by Gasteiger charge is 2.26. The number of likely N-dealkylation sites (tertiary alicyclic amines) is 1. The Balaban J connectivity index is 1.11. The van der Waals surface area contributed by atoms with Crippen LogP contribution in [0.5, 0.6) is 17.2 Å². The molecule has 5 rings (SSSR count). The molecule has 32 heavy (non-hydrogen) atoms. The Morgan fingerprint density at radius 2 is 2.00 bits per heavy atom. The van der Waals surface area contributed by atoms with Gasteiger partial charge in [-0.1, -0.05) is 24.3 Å². The molecule has 9 heteroatoms. The molecule has 0 amide bonds. The van der Waals surface area contributed by atoms with Gasteiger partial charge in [0, 0.05) is 35.1 Å². The maximum Gasteiger partial charge on any atom is 0.242 e. The Morgan fingerprint density at radius 1 is 1.12 bits per heavy atom. The summed E-state index contributed by atoms with van der Waals surface area (Å²) in [6, 6.07) is 13.3. The van der Waals surface area contributed by atoms with E-state index in [4.69, 9.17) is 14.2 Å². The molecule has 1 N–H and O–H groups in total. The minimum Gasteiger partial charge on any atom is -0.488 e. The maximum absolute atomic E-state index is 12.8. The molecule has 7 nitrogen and oxygen atoms in total. The van der Waals surface area contributed by atoms with E-state index in [1.165, 1.54) is 11.3 Å². The van der Waals surface area contributed by atoms with Crippen molar-refractivity contribution in [2.75, 3.05) is 46.0 Å². The molecule has 1 fully saturated rings. The number of hydrogen-bond donors (Lipinski definition) is 1. The predicted molar refractivity (Wildman–Crippen MR) is 124 cm³/mol. The van der Waals surface area contributed by atoms with Crippen molar-refractivity contribution in [3.63, 3.8) is 0 Å². The Hall–Kier alpha value is -2.33. The van der Waals surface area contributed by atoms with Gasteiger partial charge in [-0.2, -0.15) is 0 Å². The van der Waals surface area contributed by atoms with Crippen LogP contribution in [0, 0.1) is 5.92 Å². The summed E-state index contributed by atoms with van der Waals surface area (Å²) in [5.41, 5.74) is 0. The van der Waals surface area contributed by atoms with Gasteiger partial charge in [0.15, 0.2) is 11.5 Å². The number of fused-ring (bicyclic) bond motifs is 2. The van der Waals surface area contributed by atoms with E-state index in [9.17, 15) is 8.42 Å². The second kappa shape index (κ2) is 9.27. The van der Waals surface area contributed by atoms with Gasteiger partial charge < -0.3 is 14.2 Å². The van der Waals surface area contributed by atoms with Gasteiger partial charge in [0.05, 0.1) is 0 Å². The molecule has 2 aromatic carbocycles. The summed E-state index contributed by atoms with van der Waals surface area (Å²) in [6.07, 6.45) is 0.963. The van der Waals surface area contributed by atoms with Crippen molar-refractivity contribution in [3.8, 4) is 17.2 Å². The van der Waals surface area contributed by atoms with Crippen LogP contribution in [0.1, 0.15) is 6.42 Å². The van der Waals surface area contributed by atoms with Crippen molar-refractivity contribution in [1.29, 1.82) is 0 Å². The number of rotatable bonds is 8. The zero-order chi connectivity index (χ0) is 22.0. The summed E-state index contributed by atoms with van der Waals surface area (Å²) >= 11 is 1.46. The molecule has 1 saturated heterocycles. The van der Waals surface area contributed by atoms with E-state index < -0.39 is 10.0 Å². The van der Waals surface area contributed by atoms with Gasteiger partial charge in [-0.25, -0.2) is 13.1 Å². The van der Waals surface area contributed by atoms with Crippen molar-refractivity contribution >= 4 is 31.4 Å². The highest BCUT2D eigenvalue weighted by Crippen LogP contribution is 2.39. The van der Waals surface area contributed by atoms with Crippen LogP contribution in [-0.4, -0.2) is 59.3 Å². The average Bonchev–Trinajstić information content (AvgIpc) is 3.45. The van der Waals surface area contributed by atoms with Gasteiger partial charge in [0.25, 0.3) is 0 Å². The molecule has 1 unspecified atom stereocenters. The van der Waals surface area contributed by atoms with E-state index in [0.29, 0.717) is 42.8 Å². The van der Waals surface area contributed by atoms with E-state index >= 15 is 0 Å². The Kier molecular flexibility index (Phi) is 6.23. The molecule has 1 aromatic heterocycles. The molecule has 0 radical (unpaired) electrons. The van der Waals surface area contributed by atoms with Crippen LogP contribution in [0.15, 0.2) is 52.7 Å². The van der Waals surface area contributed by atoms with E-state index in [-0.39, 0.29) is 5.92 Å². The van der Waals surface area contributed by atoms with E-state index in [1.807, 2.05) is 42.5 Å². The number of benzene rings is 2. The van der Waals surface area contributed by atoms with Crippen LogP contribution >= 0.6 is 11.3 Å². The fourth-order valence-electron chi connectivity index (χ4n) is 4.19. The first-order valence-corrected chi connectivity index (χ1v) is 13.2. The van der Waals surface area contributed by atoms with Crippen molar-refractivity contribution in [3.05, 3.63) is 47.8 Å². The molecule has 2 aliphatic rings. The average molecular weight is 475 g/mol. The van der Waals surface area contributed by atoms with E-state index in [1.54, 1.807) is 5.38 Å². The third kappa shape index (κ3) is 4.56. The van der Waals surface area contributed by atoms with Crippen molar-refractivity contribution in [1.82, 2.24) is 9.62 Å². The fourth-order valence-corrected chi connectivity index (χ4v) is 6.81. The summed E-state index contributed by atoms with van der Waals surface area (Å²) in [6.45, 7) is 4.63. The summed E-state index contributed by atoms with van der Waals surface area (Å²) in [7, 11) is -3.52. The van der Waals surface area contributed by atoms with Crippen LogP contribution in [-0.2, 0) is 10.0 Å². The first-order chi connectivity index (χ1) is 15.6. The Labute approximate surface area is 191 Å². The lowest BCUT2D eigenvalue weighted by molar-refractivity contribution is 0.158. The van der Waals surface area contributed by atoms with Crippen LogP contribution in [0.2, 0.25) is 0 Å². The van der Waals surface area contributed by atoms with Crippen molar-refractivity contribution < 1.29 is 22.6 Å². The van der Waals surface area contributed by atoms with Gasteiger partial charge in [-0.05, 0) is 37.1 Å². The molecule has 0 aliphatic carbocycles. The second-order valence-electron chi connectivity index (χ2n) is 8.03. The van der Waals surface area contributed by atoms with Gasteiger partial charge >= 0.3 is 0 Å². The van der Waals surface area contributed by atoms with Crippen LogP contribution in [0.3, 0.4) is 0 Å². The van der Waals surface area contributed by atoms with Crippen LogP contribution < -0.4 is 18.9 Å². The normalized spacial score (nSPS) is 18.8. The smallest absolute Gasteiger partial charge is 0.242 e. The number of sulfonamides is 1. The van der Waals surface area contributed by atoms with Gasteiger partial charge in [-0.3, -0.25) is 4.90 Å². The monoisotopic (exact) mass is 474 g/mol. The number of para-hydroxylation sites is 1. The third-order valence-electron chi connectivity index (χ3n) is 5.86. The zero-order valence-corrected chi connectivity index (χ0v) is 19.3. The predicted octanol–water partition coefficient (Wildman–Crippen LogP) is 3.35. The maximum atomic E-state index is 12.8. The molecule has 2 aliphatic heterocycles. The summed E-state index contributed by atoms with van der Waals surface area (Å²) < 4.78 is 46.7. The topological polar surface area (TPSA) is 77.1 Å². The van der Waals surface area contributed by atoms with Crippen molar-refractivity contribution in [2.24, 2.45) is 5.92 Å². The van der Waals surface area contributed by atoms with E-state index in [2.05, 4.69) is 9.62 Å². The lowest BCUT2D eigenvalue weighted by atomic mass is 10.1. The first kappa shape index (κ1) is 21.5. The largest absolute Gasteiger partial charge is 0.488 e. The zero-order valence-electron chi connectivity index (χ0n) is 17.7. The first-order valence-electron chi connectivity index (χ1n) is 10.8. The minimum absolute atomic E-state index is 0.288. The number of thiophene rings is 1. The number of ether oxygens (including phenoxy) is 3. The second-order valence-corrected chi connectivity index (χ2v) is 10.7. The Morgan fingerprint density at radius 3 is 2.94 bits per heavy atom. The standard InChI is InChI=1S/C23H26N2O5S2/c26-32(27,22-16-31-21-7-2-1-4-18(21)22)24-14-17-8-9-25(15-17)10-11-28-19-5-3-6-20-23(19)30-13-12-29-20/h1-7,16-17,24H,8-15H2. The summed E-state index contributed by atoms with van der Waals surface area (Å²) in [4.78, 5) is 2.69. The number of nitrogens with one attached hydrogen (secondary N) is 1. The lowest BCUT2D eigenvalue weighted by Crippen LogP contribution is -2.32. The lowest BCUT2D eigenvalue weighted by Gasteiger charge is -2.22. The van der Waals surface area contributed by atoms with Gasteiger partial charge in [-0.15, -0.1) is 11.3 Å². The number of nitrogens with zero attached hydrogens (tertiary/aromatic N) is 1. The number of hydrogen-bond acceptors (Lipinski definition) is 7. The fraction of sp³-hybridized carbons (Fsp3) is 0.391. The molecule has 0 saturated carbocycles. The molecule has 0 spiro atoms. The minimum atomic E-state index is -3.52. The Bertz CT molecular complexity index is 1190. The summed E-state index contributed by atoms with van der Waals surface area (Å²) in [5, 5.41) is 2.51. The molecular weight excluding hydrogens is 448 g/mol. The molecule has 0 bridgehead atoms. The third-order valence-corrected chi connectivity index (χ3v) is 8.44. The van der Waals surface area contributed by atoms with E-state index in [0.717, 1.165) is 41.9 Å². The quantitative estimate of drug-likeness (QED) is 0.540. The highest BCUT2D eigenvalue weighted by atomic mass is 32.2. The van der Waals surface area contributed by atoms with Crippen LogP contribution in [0.4, 0.5) is 0 Å². The molecular formula is C23H26N2O5S2. The van der Waals surface area contributed by atoms with Gasteiger partial charge in [0.1, 0.15) is 24.7 Å². The van der Waals surface area contributed by atoms with Gasteiger partial charge in [0.2, 0.25) is 15.8 Å². The molecule has 1 atom stereocenters. The summed E-state index contributed by atoms with van der Waals surface area (Å²) in [5.74, 6) is 2.39. The molecule has 170 valence electrons. The SMILES string of the molecule is O=S(=O)(NCC1CCN(CCOc2cccc3c2OCCO3)C1)c1csc2ccccc12. The highest BCUT2D eigenvalue weighted by molar-refractivity contribution is 7.90. The molecule has 3 aromatic rings. The van der Waals surface area contributed by atoms with Crippen LogP contribution in [0.25, 0.3) is 10.1 Å². The molecule has 3 heterocycles.